The third kappa shape index (κ3) is 1.65. The van der Waals surface area contributed by atoms with Crippen LogP contribution >= 0.6 is 0 Å². The van der Waals surface area contributed by atoms with Gasteiger partial charge in [0.15, 0.2) is 0 Å². The predicted molar refractivity (Wildman–Crippen MR) is 61.3 cm³/mol. The first-order valence-corrected chi connectivity index (χ1v) is 5.87. The molecule has 3 rings (SSSR count). The maximum Gasteiger partial charge on any atom is 0.212 e. The van der Waals surface area contributed by atoms with Crippen molar-refractivity contribution in [2.24, 2.45) is 11.8 Å². The number of aromatic nitrogens is 1. The SMILES string of the molecule is Fc1ccc(C2=CCC3CCNCC23)cn1. The van der Waals surface area contributed by atoms with Crippen LogP contribution in [0.4, 0.5) is 4.39 Å². The number of hydrogen-bond acceptors (Lipinski definition) is 2. The van der Waals surface area contributed by atoms with Gasteiger partial charge in [0.2, 0.25) is 5.95 Å². The molecule has 0 saturated carbocycles. The van der Waals surface area contributed by atoms with E-state index in [-0.39, 0.29) is 0 Å². The van der Waals surface area contributed by atoms with Crippen molar-refractivity contribution >= 4 is 5.57 Å². The molecular formula is C13H15FN2. The van der Waals surface area contributed by atoms with Gasteiger partial charge in [-0.05, 0) is 54.5 Å². The maximum absolute atomic E-state index is 12.8. The molecule has 0 spiro atoms. The fourth-order valence-corrected chi connectivity index (χ4v) is 2.87. The van der Waals surface area contributed by atoms with E-state index in [1.165, 1.54) is 24.5 Å². The van der Waals surface area contributed by atoms with Crippen LogP contribution in [0.25, 0.3) is 5.57 Å². The molecule has 16 heavy (non-hydrogen) atoms. The third-order valence-electron chi connectivity index (χ3n) is 3.73. The van der Waals surface area contributed by atoms with E-state index in [0.29, 0.717) is 5.92 Å². The number of hydrogen-bond donors (Lipinski definition) is 1. The molecule has 2 heterocycles. The zero-order valence-electron chi connectivity index (χ0n) is 9.12. The highest BCUT2D eigenvalue weighted by atomic mass is 19.1. The van der Waals surface area contributed by atoms with Gasteiger partial charge in [-0.3, -0.25) is 0 Å². The molecule has 1 aliphatic heterocycles. The summed E-state index contributed by atoms with van der Waals surface area (Å²) in [5.74, 6) is 0.975. The number of nitrogens with one attached hydrogen (secondary N) is 1. The van der Waals surface area contributed by atoms with E-state index in [9.17, 15) is 4.39 Å². The monoisotopic (exact) mass is 218 g/mol. The van der Waals surface area contributed by atoms with Crippen LogP contribution in [0.15, 0.2) is 24.4 Å². The van der Waals surface area contributed by atoms with Crippen LogP contribution in [-0.2, 0) is 0 Å². The maximum atomic E-state index is 12.8. The standard InChI is InChI=1S/C13H15FN2/c14-13-4-2-10(7-16-13)11-3-1-9-5-6-15-8-12(9)11/h2-4,7,9,12,15H,1,5-6,8H2. The van der Waals surface area contributed by atoms with E-state index in [4.69, 9.17) is 0 Å². The molecule has 84 valence electrons. The van der Waals surface area contributed by atoms with Crippen molar-refractivity contribution < 1.29 is 4.39 Å². The van der Waals surface area contributed by atoms with Crippen LogP contribution in [0.3, 0.4) is 0 Å². The molecule has 1 aromatic heterocycles. The Morgan fingerprint density at radius 3 is 3.12 bits per heavy atom. The fraction of sp³-hybridized carbons (Fsp3) is 0.462. The Balaban J connectivity index is 1.87. The van der Waals surface area contributed by atoms with Crippen molar-refractivity contribution in [1.82, 2.24) is 10.3 Å². The van der Waals surface area contributed by atoms with Crippen LogP contribution in [0.5, 0.6) is 0 Å². The lowest BCUT2D eigenvalue weighted by Gasteiger charge is -2.28. The van der Waals surface area contributed by atoms with Crippen LogP contribution in [0, 0.1) is 17.8 Å². The number of pyridine rings is 1. The topological polar surface area (TPSA) is 24.9 Å². The minimum atomic E-state index is -0.402. The molecule has 1 aromatic rings. The van der Waals surface area contributed by atoms with E-state index in [2.05, 4.69) is 16.4 Å². The van der Waals surface area contributed by atoms with Gasteiger partial charge in [-0.15, -0.1) is 0 Å². The van der Waals surface area contributed by atoms with Gasteiger partial charge in [0.05, 0.1) is 0 Å². The average Bonchev–Trinajstić information content (AvgIpc) is 2.74. The normalized spacial score (nSPS) is 28.7. The number of halogens is 1. The molecule has 2 unspecified atom stereocenters. The number of fused-ring (bicyclic) bond motifs is 1. The third-order valence-corrected chi connectivity index (χ3v) is 3.73. The molecule has 0 aromatic carbocycles. The van der Waals surface area contributed by atoms with Gasteiger partial charge >= 0.3 is 0 Å². The summed E-state index contributed by atoms with van der Waals surface area (Å²) in [5.41, 5.74) is 2.43. The molecule has 2 atom stereocenters. The average molecular weight is 218 g/mol. The second kappa shape index (κ2) is 3.98. The van der Waals surface area contributed by atoms with Gasteiger partial charge in [0.25, 0.3) is 0 Å². The zero-order valence-corrected chi connectivity index (χ0v) is 9.12. The predicted octanol–water partition coefficient (Wildman–Crippen LogP) is 2.23. The van der Waals surface area contributed by atoms with Crippen molar-refractivity contribution in [3.8, 4) is 0 Å². The van der Waals surface area contributed by atoms with Crippen molar-refractivity contribution in [3.63, 3.8) is 0 Å². The fourth-order valence-electron chi connectivity index (χ4n) is 2.87. The van der Waals surface area contributed by atoms with Crippen LogP contribution in [0.2, 0.25) is 0 Å². The number of rotatable bonds is 1. The Hall–Kier alpha value is -1.22. The van der Waals surface area contributed by atoms with Crippen molar-refractivity contribution in [2.45, 2.75) is 12.8 Å². The summed E-state index contributed by atoms with van der Waals surface area (Å²) in [6, 6.07) is 3.28. The second-order valence-corrected chi connectivity index (χ2v) is 4.62. The highest BCUT2D eigenvalue weighted by molar-refractivity contribution is 5.69. The summed E-state index contributed by atoms with van der Waals surface area (Å²) in [6.07, 6.45) is 6.37. The quantitative estimate of drug-likeness (QED) is 0.731. The van der Waals surface area contributed by atoms with E-state index in [1.807, 2.05) is 6.07 Å². The minimum absolute atomic E-state index is 0.402. The molecule has 1 saturated heterocycles. The molecule has 2 aliphatic rings. The summed E-state index contributed by atoms with van der Waals surface area (Å²) in [6.45, 7) is 2.18. The first-order valence-electron chi connectivity index (χ1n) is 5.87. The minimum Gasteiger partial charge on any atom is -0.316 e. The number of piperidine rings is 1. The molecule has 1 fully saturated rings. The molecule has 1 aliphatic carbocycles. The largest absolute Gasteiger partial charge is 0.316 e. The lowest BCUT2D eigenvalue weighted by Crippen LogP contribution is -2.34. The Bertz CT molecular complexity index is 410. The van der Waals surface area contributed by atoms with Crippen LogP contribution in [-0.4, -0.2) is 18.1 Å². The van der Waals surface area contributed by atoms with E-state index in [0.717, 1.165) is 24.6 Å². The van der Waals surface area contributed by atoms with Gasteiger partial charge in [-0.25, -0.2) is 4.98 Å². The highest BCUT2D eigenvalue weighted by Gasteiger charge is 2.32. The van der Waals surface area contributed by atoms with Crippen molar-refractivity contribution in [3.05, 3.63) is 35.9 Å². The summed E-state index contributed by atoms with van der Waals surface area (Å²) < 4.78 is 12.8. The van der Waals surface area contributed by atoms with Gasteiger partial charge < -0.3 is 5.32 Å². The molecule has 2 nitrogen and oxygen atoms in total. The summed E-state index contributed by atoms with van der Waals surface area (Å²) in [5, 5.41) is 3.43. The number of allylic oxidation sites excluding steroid dienone is 1. The Labute approximate surface area is 94.6 Å². The molecule has 0 amide bonds. The Morgan fingerprint density at radius 2 is 2.31 bits per heavy atom. The zero-order chi connectivity index (χ0) is 11.0. The van der Waals surface area contributed by atoms with Crippen LogP contribution in [0.1, 0.15) is 18.4 Å². The molecule has 1 N–H and O–H groups in total. The summed E-state index contributed by atoms with van der Waals surface area (Å²) in [4.78, 5) is 3.73. The first-order chi connectivity index (χ1) is 7.84. The van der Waals surface area contributed by atoms with Gasteiger partial charge in [0.1, 0.15) is 0 Å². The lowest BCUT2D eigenvalue weighted by molar-refractivity contribution is 0.328. The van der Waals surface area contributed by atoms with Gasteiger partial charge in [-0.1, -0.05) is 6.08 Å². The van der Waals surface area contributed by atoms with E-state index >= 15 is 0 Å². The van der Waals surface area contributed by atoms with E-state index in [1.54, 1.807) is 6.20 Å². The lowest BCUT2D eigenvalue weighted by atomic mass is 9.84. The smallest absolute Gasteiger partial charge is 0.212 e. The highest BCUT2D eigenvalue weighted by Crippen LogP contribution is 2.40. The molecule has 3 heteroatoms. The first kappa shape index (κ1) is 9.97. The number of nitrogens with zero attached hydrogens (tertiary/aromatic N) is 1. The molecule has 0 bridgehead atoms. The molecular weight excluding hydrogens is 203 g/mol. The van der Waals surface area contributed by atoms with Crippen molar-refractivity contribution in [1.29, 1.82) is 0 Å². The Kier molecular flexibility index (Phi) is 2.48. The van der Waals surface area contributed by atoms with E-state index < -0.39 is 5.95 Å². The van der Waals surface area contributed by atoms with Gasteiger partial charge in [0, 0.05) is 12.7 Å². The van der Waals surface area contributed by atoms with Crippen molar-refractivity contribution in [2.75, 3.05) is 13.1 Å². The summed E-state index contributed by atoms with van der Waals surface area (Å²) in [7, 11) is 0. The second-order valence-electron chi connectivity index (χ2n) is 4.62. The van der Waals surface area contributed by atoms with Gasteiger partial charge in [-0.2, -0.15) is 4.39 Å². The van der Waals surface area contributed by atoms with Crippen LogP contribution < -0.4 is 5.32 Å². The Morgan fingerprint density at radius 1 is 1.38 bits per heavy atom. The molecule has 0 radical (unpaired) electrons. The summed E-state index contributed by atoms with van der Waals surface area (Å²) >= 11 is 0.